The van der Waals surface area contributed by atoms with Gasteiger partial charge in [0.15, 0.2) is 0 Å². The zero-order chi connectivity index (χ0) is 12.8. The molecule has 0 bridgehead atoms. The van der Waals surface area contributed by atoms with Crippen LogP contribution < -0.4 is 10.1 Å². The van der Waals surface area contributed by atoms with Gasteiger partial charge in [-0.2, -0.15) is 4.37 Å². The standard InChI is InChI=1S/C11H19N3O3S/c1-11(3-2-4-17-11)8-12-5-9(15)7-16-10-6-13-18-14-10/h6,9,12,15H,2-5,7-8H2,1H3. The summed E-state index contributed by atoms with van der Waals surface area (Å²) in [6, 6.07) is 0. The van der Waals surface area contributed by atoms with Gasteiger partial charge in [-0.05, 0) is 19.8 Å². The molecule has 0 aliphatic carbocycles. The second kappa shape index (κ2) is 6.42. The molecule has 0 amide bonds. The SMILES string of the molecule is CC1(CNCC(O)COc2cnsn2)CCCO1. The maximum atomic E-state index is 9.73. The third-order valence-corrected chi connectivity index (χ3v) is 3.41. The van der Waals surface area contributed by atoms with Gasteiger partial charge in [0.1, 0.15) is 18.9 Å². The van der Waals surface area contributed by atoms with Gasteiger partial charge in [-0.3, -0.25) is 0 Å². The average molecular weight is 273 g/mol. The van der Waals surface area contributed by atoms with Gasteiger partial charge < -0.3 is 19.9 Å². The Balaban J connectivity index is 1.58. The topological polar surface area (TPSA) is 76.5 Å². The predicted octanol–water partition coefficient (Wildman–Crippen LogP) is 0.436. The molecule has 18 heavy (non-hydrogen) atoms. The highest BCUT2D eigenvalue weighted by Gasteiger charge is 2.29. The molecule has 0 radical (unpaired) electrons. The number of ether oxygens (including phenoxy) is 2. The molecule has 102 valence electrons. The molecular formula is C11H19N3O3S. The molecule has 2 atom stereocenters. The van der Waals surface area contributed by atoms with Gasteiger partial charge in [-0.25, -0.2) is 0 Å². The number of rotatable bonds is 7. The maximum absolute atomic E-state index is 9.73. The summed E-state index contributed by atoms with van der Waals surface area (Å²) in [7, 11) is 0. The molecule has 2 rings (SSSR count). The van der Waals surface area contributed by atoms with Crippen LogP contribution in [0.3, 0.4) is 0 Å². The molecule has 2 N–H and O–H groups in total. The molecule has 7 heteroatoms. The summed E-state index contributed by atoms with van der Waals surface area (Å²) < 4.78 is 18.6. The highest BCUT2D eigenvalue weighted by atomic mass is 32.1. The Kier molecular flexibility index (Phi) is 4.87. The molecule has 1 aromatic rings. The van der Waals surface area contributed by atoms with Gasteiger partial charge in [0.25, 0.3) is 0 Å². The Morgan fingerprint density at radius 1 is 1.72 bits per heavy atom. The maximum Gasteiger partial charge on any atom is 0.245 e. The molecule has 1 saturated heterocycles. The summed E-state index contributed by atoms with van der Waals surface area (Å²) in [6.07, 6.45) is 3.16. The van der Waals surface area contributed by atoms with Crippen molar-refractivity contribution in [2.24, 2.45) is 0 Å². The molecular weight excluding hydrogens is 254 g/mol. The van der Waals surface area contributed by atoms with Gasteiger partial charge in [0, 0.05) is 19.7 Å². The van der Waals surface area contributed by atoms with E-state index in [4.69, 9.17) is 9.47 Å². The number of nitrogens with zero attached hydrogens (tertiary/aromatic N) is 2. The molecule has 6 nitrogen and oxygen atoms in total. The minimum atomic E-state index is -0.559. The first-order valence-corrected chi connectivity index (χ1v) is 6.84. The Labute approximate surface area is 111 Å². The van der Waals surface area contributed by atoms with Crippen molar-refractivity contribution in [1.29, 1.82) is 0 Å². The third kappa shape index (κ3) is 4.16. The van der Waals surface area contributed by atoms with E-state index < -0.39 is 6.10 Å². The average Bonchev–Trinajstić information content (AvgIpc) is 2.98. The number of hydrogen-bond donors (Lipinski definition) is 2. The first-order valence-electron chi connectivity index (χ1n) is 6.11. The van der Waals surface area contributed by atoms with E-state index >= 15 is 0 Å². The summed E-state index contributed by atoms with van der Waals surface area (Å²) in [5, 5.41) is 12.9. The lowest BCUT2D eigenvalue weighted by Crippen LogP contribution is -2.41. The van der Waals surface area contributed by atoms with Crippen molar-refractivity contribution in [2.45, 2.75) is 31.5 Å². The molecule has 2 unspecified atom stereocenters. The smallest absolute Gasteiger partial charge is 0.245 e. The van der Waals surface area contributed by atoms with Crippen molar-refractivity contribution in [2.75, 3.05) is 26.3 Å². The van der Waals surface area contributed by atoms with Crippen molar-refractivity contribution in [1.82, 2.24) is 14.1 Å². The van der Waals surface area contributed by atoms with Crippen molar-refractivity contribution in [3.05, 3.63) is 6.20 Å². The largest absolute Gasteiger partial charge is 0.473 e. The molecule has 1 fully saturated rings. The molecule has 0 saturated carbocycles. The second-order valence-corrected chi connectivity index (χ2v) is 5.30. The highest BCUT2D eigenvalue weighted by molar-refractivity contribution is 6.99. The van der Waals surface area contributed by atoms with E-state index in [0.717, 1.165) is 37.7 Å². The van der Waals surface area contributed by atoms with E-state index in [-0.39, 0.29) is 12.2 Å². The van der Waals surface area contributed by atoms with E-state index in [1.807, 2.05) is 0 Å². The number of nitrogens with one attached hydrogen (secondary N) is 1. The van der Waals surface area contributed by atoms with Gasteiger partial charge in [0.2, 0.25) is 5.88 Å². The van der Waals surface area contributed by atoms with E-state index in [1.54, 1.807) is 0 Å². The van der Waals surface area contributed by atoms with Gasteiger partial charge in [-0.1, -0.05) is 0 Å². The third-order valence-electron chi connectivity index (χ3n) is 2.94. The lowest BCUT2D eigenvalue weighted by molar-refractivity contribution is 0.0169. The fraction of sp³-hybridized carbons (Fsp3) is 0.818. The molecule has 0 spiro atoms. The molecule has 1 aliphatic heterocycles. The van der Waals surface area contributed by atoms with Crippen molar-refractivity contribution in [3.8, 4) is 5.88 Å². The molecule has 2 heterocycles. The van der Waals surface area contributed by atoms with Crippen LogP contribution in [0, 0.1) is 0 Å². The van der Waals surface area contributed by atoms with E-state index in [0.29, 0.717) is 12.4 Å². The predicted molar refractivity (Wildman–Crippen MR) is 67.9 cm³/mol. The van der Waals surface area contributed by atoms with E-state index in [9.17, 15) is 5.11 Å². The monoisotopic (exact) mass is 273 g/mol. The summed E-state index contributed by atoms with van der Waals surface area (Å²) in [4.78, 5) is 0. The van der Waals surface area contributed by atoms with Crippen LogP contribution >= 0.6 is 11.7 Å². The molecule has 0 aromatic carbocycles. The Morgan fingerprint density at radius 3 is 3.28 bits per heavy atom. The number of aliphatic hydroxyl groups excluding tert-OH is 1. The fourth-order valence-electron chi connectivity index (χ4n) is 1.94. The van der Waals surface area contributed by atoms with Gasteiger partial charge >= 0.3 is 0 Å². The highest BCUT2D eigenvalue weighted by Crippen LogP contribution is 2.23. The van der Waals surface area contributed by atoms with Gasteiger partial charge in [-0.15, -0.1) is 4.37 Å². The lowest BCUT2D eigenvalue weighted by atomic mass is 10.0. The summed E-state index contributed by atoms with van der Waals surface area (Å²) in [5.41, 5.74) is -0.0839. The van der Waals surface area contributed by atoms with E-state index in [1.165, 1.54) is 6.20 Å². The molecule has 1 aliphatic rings. The van der Waals surface area contributed by atoms with Gasteiger partial charge in [0.05, 0.1) is 17.3 Å². The quantitative estimate of drug-likeness (QED) is 0.750. The van der Waals surface area contributed by atoms with Crippen LogP contribution in [-0.4, -0.2) is 51.9 Å². The van der Waals surface area contributed by atoms with Crippen LogP contribution in [0.4, 0.5) is 0 Å². The van der Waals surface area contributed by atoms with E-state index in [2.05, 4.69) is 21.0 Å². The zero-order valence-corrected chi connectivity index (χ0v) is 11.3. The van der Waals surface area contributed by atoms with Crippen LogP contribution in [0.2, 0.25) is 0 Å². The number of aliphatic hydroxyl groups is 1. The lowest BCUT2D eigenvalue weighted by Gasteiger charge is -2.24. The Morgan fingerprint density at radius 2 is 2.61 bits per heavy atom. The van der Waals surface area contributed by atoms with Crippen LogP contribution in [0.25, 0.3) is 0 Å². The zero-order valence-electron chi connectivity index (χ0n) is 10.5. The molecule has 1 aromatic heterocycles. The summed E-state index contributed by atoms with van der Waals surface area (Å²) >= 11 is 1.09. The minimum Gasteiger partial charge on any atom is -0.473 e. The Hall–Kier alpha value is -0.760. The minimum absolute atomic E-state index is 0.0839. The van der Waals surface area contributed by atoms with Crippen molar-refractivity contribution in [3.63, 3.8) is 0 Å². The summed E-state index contributed by atoms with van der Waals surface area (Å²) in [5.74, 6) is 0.463. The van der Waals surface area contributed by atoms with Crippen LogP contribution in [0.1, 0.15) is 19.8 Å². The number of aromatic nitrogens is 2. The summed E-state index contributed by atoms with van der Waals surface area (Å²) in [6.45, 7) is 4.38. The van der Waals surface area contributed by atoms with Crippen LogP contribution in [0.15, 0.2) is 6.20 Å². The number of hydrogen-bond acceptors (Lipinski definition) is 7. The normalized spacial score (nSPS) is 25.2. The first-order chi connectivity index (χ1) is 8.68. The van der Waals surface area contributed by atoms with Crippen molar-refractivity contribution < 1.29 is 14.6 Å². The second-order valence-electron chi connectivity index (χ2n) is 4.74. The first kappa shape index (κ1) is 13.7. The van der Waals surface area contributed by atoms with Crippen molar-refractivity contribution >= 4 is 11.7 Å². The van der Waals surface area contributed by atoms with Crippen LogP contribution in [0.5, 0.6) is 5.88 Å². The Bertz CT molecular complexity index is 341. The van der Waals surface area contributed by atoms with Crippen LogP contribution in [-0.2, 0) is 4.74 Å². The fourth-order valence-corrected chi connectivity index (χ4v) is 2.30.